The first-order valence-corrected chi connectivity index (χ1v) is 7.89. The molecule has 0 aliphatic carbocycles. The summed E-state index contributed by atoms with van der Waals surface area (Å²) < 4.78 is 19.0. The number of carbonyl (C=O) groups is 1. The fourth-order valence-electron chi connectivity index (χ4n) is 2.33. The summed E-state index contributed by atoms with van der Waals surface area (Å²) in [6.45, 7) is 0.0137. The number of benzene rings is 2. The summed E-state index contributed by atoms with van der Waals surface area (Å²) in [6, 6.07) is 13.0. The molecular formula is C18H12ClFN2O4. The van der Waals surface area contributed by atoms with Crippen molar-refractivity contribution in [2.45, 2.75) is 6.54 Å². The van der Waals surface area contributed by atoms with Crippen molar-refractivity contribution in [3.8, 4) is 11.3 Å². The molecule has 3 aromatic rings. The Morgan fingerprint density at radius 1 is 1.19 bits per heavy atom. The van der Waals surface area contributed by atoms with Gasteiger partial charge < -0.3 is 9.73 Å². The van der Waals surface area contributed by atoms with E-state index in [-0.39, 0.29) is 23.0 Å². The maximum atomic E-state index is 13.6. The van der Waals surface area contributed by atoms with Crippen LogP contribution in [0.25, 0.3) is 11.3 Å². The van der Waals surface area contributed by atoms with Gasteiger partial charge in [0, 0.05) is 29.8 Å². The van der Waals surface area contributed by atoms with Crippen LogP contribution in [0.15, 0.2) is 59.0 Å². The molecule has 26 heavy (non-hydrogen) atoms. The molecule has 1 amide bonds. The predicted octanol–water partition coefficient (Wildman–Crippen LogP) is 4.58. The summed E-state index contributed by atoms with van der Waals surface area (Å²) in [5.74, 6) is -0.616. The molecule has 0 fully saturated rings. The van der Waals surface area contributed by atoms with E-state index in [1.54, 1.807) is 18.2 Å². The van der Waals surface area contributed by atoms with Gasteiger partial charge in [0.15, 0.2) is 5.76 Å². The molecule has 0 radical (unpaired) electrons. The molecule has 1 aromatic heterocycles. The lowest BCUT2D eigenvalue weighted by Gasteiger charge is -2.05. The van der Waals surface area contributed by atoms with Gasteiger partial charge in [-0.2, -0.15) is 0 Å². The second-order valence-electron chi connectivity index (χ2n) is 5.36. The van der Waals surface area contributed by atoms with Crippen LogP contribution >= 0.6 is 11.6 Å². The molecule has 0 spiro atoms. The number of halogens is 2. The highest BCUT2D eigenvalue weighted by atomic mass is 35.5. The van der Waals surface area contributed by atoms with Crippen molar-refractivity contribution in [1.82, 2.24) is 5.32 Å². The van der Waals surface area contributed by atoms with Gasteiger partial charge in [-0.1, -0.05) is 29.8 Å². The Morgan fingerprint density at radius 3 is 2.65 bits per heavy atom. The Hall–Kier alpha value is -3.19. The lowest BCUT2D eigenvalue weighted by Crippen LogP contribution is -2.22. The van der Waals surface area contributed by atoms with Crippen molar-refractivity contribution in [2.75, 3.05) is 0 Å². The zero-order chi connectivity index (χ0) is 18.7. The quantitative estimate of drug-likeness (QED) is 0.523. The molecule has 132 valence electrons. The van der Waals surface area contributed by atoms with Gasteiger partial charge in [-0.15, -0.1) is 0 Å². The summed E-state index contributed by atoms with van der Waals surface area (Å²) in [6.07, 6.45) is 0. The standard InChI is InChI=1S/C18H12ClFN2O4/c19-14-9-12(22(24)25)5-6-13(14)16-7-8-17(26-16)18(23)21-10-11-3-1-2-4-15(11)20/h1-9H,10H2,(H,21,23). The first-order chi connectivity index (χ1) is 12.5. The second-order valence-corrected chi connectivity index (χ2v) is 5.77. The third-order valence-electron chi connectivity index (χ3n) is 3.66. The smallest absolute Gasteiger partial charge is 0.287 e. The van der Waals surface area contributed by atoms with E-state index < -0.39 is 16.6 Å². The minimum Gasteiger partial charge on any atom is -0.451 e. The molecule has 6 nitrogen and oxygen atoms in total. The van der Waals surface area contributed by atoms with Gasteiger partial charge >= 0.3 is 0 Å². The Kier molecular flexibility index (Phi) is 4.99. The number of nitrogens with one attached hydrogen (secondary N) is 1. The van der Waals surface area contributed by atoms with Gasteiger partial charge in [-0.05, 0) is 24.3 Å². The molecule has 1 N–H and O–H groups in total. The molecule has 3 rings (SSSR count). The van der Waals surface area contributed by atoms with Crippen molar-refractivity contribution >= 4 is 23.2 Å². The number of hydrogen-bond donors (Lipinski definition) is 1. The lowest BCUT2D eigenvalue weighted by molar-refractivity contribution is -0.384. The molecular weight excluding hydrogens is 363 g/mol. The SMILES string of the molecule is O=C(NCc1ccccc1F)c1ccc(-c2ccc([N+](=O)[O-])cc2Cl)o1. The fraction of sp³-hybridized carbons (Fsp3) is 0.0556. The van der Waals surface area contributed by atoms with Gasteiger partial charge in [0.05, 0.1) is 9.95 Å². The average molecular weight is 375 g/mol. The normalized spacial score (nSPS) is 10.5. The van der Waals surface area contributed by atoms with E-state index in [0.29, 0.717) is 16.9 Å². The maximum Gasteiger partial charge on any atom is 0.287 e. The topological polar surface area (TPSA) is 85.4 Å². The molecule has 0 bridgehead atoms. The Morgan fingerprint density at radius 2 is 1.96 bits per heavy atom. The zero-order valence-corrected chi connectivity index (χ0v) is 14.0. The maximum absolute atomic E-state index is 13.6. The van der Waals surface area contributed by atoms with E-state index in [1.807, 2.05) is 0 Å². The van der Waals surface area contributed by atoms with Crippen LogP contribution < -0.4 is 5.32 Å². The van der Waals surface area contributed by atoms with Crippen LogP contribution in [-0.2, 0) is 6.54 Å². The number of nitro benzene ring substituents is 1. The minimum atomic E-state index is -0.556. The first kappa shape index (κ1) is 17.6. The highest BCUT2D eigenvalue weighted by molar-refractivity contribution is 6.33. The van der Waals surface area contributed by atoms with Gasteiger partial charge in [-0.25, -0.2) is 4.39 Å². The van der Waals surface area contributed by atoms with Crippen LogP contribution in [0.2, 0.25) is 5.02 Å². The molecule has 8 heteroatoms. The average Bonchev–Trinajstić information content (AvgIpc) is 3.10. The summed E-state index contributed by atoms with van der Waals surface area (Å²) in [5.41, 5.74) is 0.629. The van der Waals surface area contributed by atoms with Crippen molar-refractivity contribution in [3.05, 3.63) is 86.9 Å². The predicted molar refractivity (Wildman–Crippen MR) is 93.4 cm³/mol. The summed E-state index contributed by atoms with van der Waals surface area (Å²) in [4.78, 5) is 22.3. The molecule has 0 saturated heterocycles. The van der Waals surface area contributed by atoms with Crippen molar-refractivity contribution in [2.24, 2.45) is 0 Å². The zero-order valence-electron chi connectivity index (χ0n) is 13.2. The van der Waals surface area contributed by atoms with Crippen LogP contribution in [0, 0.1) is 15.9 Å². The highest BCUT2D eigenvalue weighted by Crippen LogP contribution is 2.32. The fourth-order valence-corrected chi connectivity index (χ4v) is 2.59. The number of amides is 1. The molecule has 2 aromatic carbocycles. The lowest BCUT2D eigenvalue weighted by atomic mass is 10.1. The molecule has 0 unspecified atom stereocenters. The van der Waals surface area contributed by atoms with Gasteiger partial charge in [0.1, 0.15) is 11.6 Å². The molecule has 0 aliphatic rings. The van der Waals surface area contributed by atoms with E-state index in [0.717, 1.165) is 0 Å². The van der Waals surface area contributed by atoms with E-state index in [1.165, 1.54) is 36.4 Å². The number of hydrogen-bond acceptors (Lipinski definition) is 4. The summed E-state index contributed by atoms with van der Waals surface area (Å²) in [5, 5.41) is 13.4. The van der Waals surface area contributed by atoms with E-state index in [9.17, 15) is 19.3 Å². The number of nitrogens with zero attached hydrogens (tertiary/aromatic N) is 1. The highest BCUT2D eigenvalue weighted by Gasteiger charge is 2.16. The Bertz CT molecular complexity index is 987. The number of non-ortho nitro benzene ring substituents is 1. The Balaban J connectivity index is 1.74. The van der Waals surface area contributed by atoms with E-state index >= 15 is 0 Å². The molecule has 1 heterocycles. The second kappa shape index (κ2) is 7.37. The Labute approximate surface area is 152 Å². The van der Waals surface area contributed by atoms with Crippen LogP contribution in [-0.4, -0.2) is 10.8 Å². The summed E-state index contributed by atoms with van der Waals surface area (Å²) in [7, 11) is 0. The third kappa shape index (κ3) is 3.73. The van der Waals surface area contributed by atoms with E-state index in [4.69, 9.17) is 16.0 Å². The van der Waals surface area contributed by atoms with Crippen molar-refractivity contribution < 1.29 is 18.5 Å². The molecule has 0 atom stereocenters. The van der Waals surface area contributed by atoms with Crippen LogP contribution in [0.4, 0.5) is 10.1 Å². The minimum absolute atomic E-state index is 0.0137. The van der Waals surface area contributed by atoms with Gasteiger partial charge in [0.25, 0.3) is 11.6 Å². The van der Waals surface area contributed by atoms with Gasteiger partial charge in [-0.3, -0.25) is 14.9 Å². The number of rotatable bonds is 5. The third-order valence-corrected chi connectivity index (χ3v) is 3.97. The summed E-state index contributed by atoms with van der Waals surface area (Å²) >= 11 is 6.05. The monoisotopic (exact) mass is 374 g/mol. The van der Waals surface area contributed by atoms with Crippen LogP contribution in [0.1, 0.15) is 16.1 Å². The first-order valence-electron chi connectivity index (χ1n) is 7.51. The van der Waals surface area contributed by atoms with Crippen LogP contribution in [0.3, 0.4) is 0 Å². The molecule has 0 aliphatic heterocycles. The number of furan rings is 1. The van der Waals surface area contributed by atoms with Crippen LogP contribution in [0.5, 0.6) is 0 Å². The van der Waals surface area contributed by atoms with E-state index in [2.05, 4.69) is 5.32 Å². The van der Waals surface area contributed by atoms with Gasteiger partial charge in [0.2, 0.25) is 0 Å². The number of nitro groups is 1. The number of carbonyl (C=O) groups excluding carboxylic acids is 1. The molecule has 0 saturated carbocycles. The van der Waals surface area contributed by atoms with Crippen molar-refractivity contribution in [1.29, 1.82) is 0 Å². The largest absolute Gasteiger partial charge is 0.451 e. The van der Waals surface area contributed by atoms with Crippen molar-refractivity contribution in [3.63, 3.8) is 0 Å².